The second kappa shape index (κ2) is 25.0. The zero-order chi connectivity index (χ0) is 55.1. The zero-order valence-electron chi connectivity index (χ0n) is 45.0. The van der Waals surface area contributed by atoms with Crippen LogP contribution in [0.3, 0.4) is 0 Å². The molecule has 3 aromatic heterocycles. The van der Waals surface area contributed by atoms with Gasteiger partial charge in [-0.05, 0) is 93.5 Å². The van der Waals surface area contributed by atoms with Crippen molar-refractivity contribution in [2.75, 3.05) is 39.6 Å². The van der Waals surface area contributed by atoms with Crippen molar-refractivity contribution in [2.24, 2.45) is 10.4 Å². The molecule has 20 heteroatoms. The van der Waals surface area contributed by atoms with Crippen LogP contribution in [0.25, 0.3) is 15.4 Å². The molecule has 4 N–H and O–H groups in total. The van der Waals surface area contributed by atoms with Gasteiger partial charge >= 0.3 is 0 Å². The first-order valence-corrected chi connectivity index (χ1v) is 28.0. The van der Waals surface area contributed by atoms with Crippen LogP contribution in [0.1, 0.15) is 122 Å². The van der Waals surface area contributed by atoms with Gasteiger partial charge in [-0.2, -0.15) is 0 Å². The summed E-state index contributed by atoms with van der Waals surface area (Å²) in [5.41, 5.74) is 8.72. The van der Waals surface area contributed by atoms with E-state index >= 15 is 0 Å². The Labute approximate surface area is 462 Å². The van der Waals surface area contributed by atoms with Gasteiger partial charge < -0.3 is 40.2 Å². The molecule has 6 atom stereocenters. The molecule has 1 fully saturated rings. The predicted molar refractivity (Wildman–Crippen MR) is 299 cm³/mol. The first-order chi connectivity index (χ1) is 36.8. The molecule has 408 valence electrons. The number of ether oxygens (including phenoxy) is 3. The Morgan fingerprint density at radius 2 is 1.48 bits per heavy atom. The molecule has 6 aromatic rings. The van der Waals surface area contributed by atoms with E-state index in [9.17, 15) is 24.3 Å². The number of carbonyl (C=O) groups excluding carboxylic acids is 4. The molecule has 77 heavy (non-hydrogen) atoms. The Morgan fingerprint density at radius 1 is 0.818 bits per heavy atom. The molecule has 0 radical (unpaired) electrons. The van der Waals surface area contributed by atoms with Crippen molar-refractivity contribution < 1.29 is 38.5 Å². The Bertz CT molecular complexity index is 3080. The van der Waals surface area contributed by atoms with E-state index in [2.05, 4.69) is 45.0 Å². The van der Waals surface area contributed by atoms with Gasteiger partial charge in [0.2, 0.25) is 23.6 Å². The summed E-state index contributed by atoms with van der Waals surface area (Å²) in [5, 5.41) is 30.2. The number of nitrogens with one attached hydrogen (secondary N) is 3. The van der Waals surface area contributed by atoms with Crippen LogP contribution in [0.15, 0.2) is 83.3 Å². The summed E-state index contributed by atoms with van der Waals surface area (Å²) in [6.45, 7) is 18.3. The number of hydrogen-bond donors (Lipinski definition) is 4. The lowest BCUT2D eigenvalue weighted by atomic mass is 9.85. The highest BCUT2D eigenvalue weighted by atomic mass is 35.5. The summed E-state index contributed by atoms with van der Waals surface area (Å²) < 4.78 is 19.3. The largest absolute Gasteiger partial charge is 0.494 e. The number of aryl methyl sites for hydroxylation is 3. The summed E-state index contributed by atoms with van der Waals surface area (Å²) in [4.78, 5) is 67.8. The zero-order valence-corrected chi connectivity index (χ0v) is 47.4. The van der Waals surface area contributed by atoms with Crippen LogP contribution in [0.5, 0.6) is 5.75 Å². The van der Waals surface area contributed by atoms with Gasteiger partial charge in [0.05, 0.1) is 66.2 Å². The first kappa shape index (κ1) is 56.8. The fourth-order valence-corrected chi connectivity index (χ4v) is 11.7. The first-order valence-electron chi connectivity index (χ1n) is 25.9. The van der Waals surface area contributed by atoms with E-state index in [1.807, 2.05) is 131 Å². The number of aliphatic hydroxyl groups is 1. The molecule has 8 rings (SSSR count). The Morgan fingerprint density at radius 3 is 2.16 bits per heavy atom. The monoisotopic (exact) mass is 1110 g/mol. The molecular weight excluding hydrogens is 1040 g/mol. The van der Waals surface area contributed by atoms with Gasteiger partial charge in [0.1, 0.15) is 41.3 Å². The predicted octanol–water partition coefficient (Wildman–Crippen LogP) is 8.67. The summed E-state index contributed by atoms with van der Waals surface area (Å²) in [5.74, 6) is 0.530. The minimum absolute atomic E-state index is 0.0285. The SMILES string of the molecule is Cc1ncsc1-c1ccc([C@H](C)NC(=O)[C@@H]2C[C@@H](O)CN2C(=O)[C@@H](NC(=O)COCCOCCCOc2ccc([C@H](C)NC(=O)CC3N=C(c4ccc(Cl)cc4)c4c(sc(C)c4C)-n4c(C)nnc43)cc2)C(C)(C)C)cc1. The average molecular weight is 1110 g/mol. The number of fused-ring (bicyclic) bond motifs is 3. The van der Waals surface area contributed by atoms with E-state index in [-0.39, 0.29) is 63.1 Å². The highest BCUT2D eigenvalue weighted by Crippen LogP contribution is 2.40. The molecule has 0 bridgehead atoms. The lowest BCUT2D eigenvalue weighted by Crippen LogP contribution is -2.58. The van der Waals surface area contributed by atoms with Gasteiger partial charge in [-0.3, -0.25) is 28.7 Å². The number of thiazole rings is 1. The van der Waals surface area contributed by atoms with Gasteiger partial charge in [0, 0.05) is 47.0 Å². The highest BCUT2D eigenvalue weighted by molar-refractivity contribution is 7.15. The van der Waals surface area contributed by atoms with Crippen LogP contribution < -0.4 is 20.7 Å². The fraction of sp³-hybridized carbons (Fsp3) is 0.439. The van der Waals surface area contributed by atoms with Crippen molar-refractivity contribution in [1.82, 2.24) is 40.6 Å². The number of aliphatic imine (C=N–C) groups is 1. The summed E-state index contributed by atoms with van der Waals surface area (Å²) >= 11 is 9.50. The Balaban J connectivity index is 0.739. The van der Waals surface area contributed by atoms with E-state index in [0.29, 0.717) is 36.2 Å². The summed E-state index contributed by atoms with van der Waals surface area (Å²) in [7, 11) is 0. The molecule has 2 aliphatic heterocycles. The van der Waals surface area contributed by atoms with E-state index in [4.69, 9.17) is 30.8 Å². The summed E-state index contributed by atoms with van der Waals surface area (Å²) in [6, 6.07) is 20.0. The lowest BCUT2D eigenvalue weighted by Gasteiger charge is -2.35. The molecule has 0 aliphatic carbocycles. The third-order valence-electron chi connectivity index (χ3n) is 13.9. The van der Waals surface area contributed by atoms with Crippen molar-refractivity contribution in [2.45, 2.75) is 118 Å². The standard InChI is InChI=1S/C57H68ClN9O8S2/c1-32-36(5)77-56-49(32)50(40-15-19-42(58)20-16-40)62-45(53-65-64-37(6)67(53)56)28-47(69)60-33(2)39-17-21-44(22-18-39)75-24-10-23-73-25-26-74-30-48(70)63-52(57(7,8)9)55(72)66-29-43(68)27-46(66)54(71)61-34(3)38-11-13-41(14-12-38)51-35(4)59-31-76-51/h11-22,31,33-34,43,45-46,52,68H,10,23-30H2,1-9H3,(H,60,69)(H,61,71)(H,63,70)/t33-,34-,43+,45?,46-,52+/m0/s1. The minimum Gasteiger partial charge on any atom is -0.494 e. The second-order valence-corrected chi connectivity index (χ2v) is 23.2. The fourth-order valence-electron chi connectivity index (χ4n) is 9.50. The average Bonchev–Trinajstić information content (AvgIpc) is 4.21. The van der Waals surface area contributed by atoms with Crippen molar-refractivity contribution in [1.29, 1.82) is 0 Å². The molecule has 0 spiro atoms. The van der Waals surface area contributed by atoms with Gasteiger partial charge in [0.15, 0.2) is 5.82 Å². The van der Waals surface area contributed by atoms with E-state index in [1.54, 1.807) is 22.7 Å². The number of aliphatic hydroxyl groups excluding tert-OH is 1. The Hall–Kier alpha value is -6.35. The van der Waals surface area contributed by atoms with E-state index < -0.39 is 41.5 Å². The number of thiophene rings is 1. The van der Waals surface area contributed by atoms with Crippen molar-refractivity contribution in [3.8, 4) is 21.2 Å². The second-order valence-electron chi connectivity index (χ2n) is 20.7. The topological polar surface area (TPSA) is 211 Å². The molecule has 4 amide bonds. The van der Waals surface area contributed by atoms with Gasteiger partial charge in [-0.25, -0.2) is 4.98 Å². The number of benzene rings is 3. The van der Waals surface area contributed by atoms with Crippen LogP contribution in [0, 0.1) is 33.1 Å². The normalized spacial score (nSPS) is 17.4. The third kappa shape index (κ3) is 13.7. The van der Waals surface area contributed by atoms with E-state index in [0.717, 1.165) is 60.5 Å². The molecule has 2 aliphatic rings. The third-order valence-corrected chi connectivity index (χ3v) is 16.3. The molecule has 3 aromatic carbocycles. The Kier molecular flexibility index (Phi) is 18.4. The number of aromatic nitrogens is 4. The maximum Gasteiger partial charge on any atom is 0.246 e. The number of halogens is 1. The lowest BCUT2D eigenvalue weighted by molar-refractivity contribution is -0.144. The van der Waals surface area contributed by atoms with Crippen LogP contribution in [-0.4, -0.2) is 117 Å². The quantitative estimate of drug-likeness (QED) is 0.0501. The van der Waals surface area contributed by atoms with Crippen molar-refractivity contribution >= 4 is 63.6 Å². The molecule has 17 nitrogen and oxygen atoms in total. The minimum atomic E-state index is -0.982. The number of amides is 4. The van der Waals surface area contributed by atoms with Crippen molar-refractivity contribution in [3.63, 3.8) is 0 Å². The molecule has 5 heterocycles. The van der Waals surface area contributed by atoms with Gasteiger partial charge in [0.25, 0.3) is 0 Å². The van der Waals surface area contributed by atoms with Crippen LogP contribution in [0.4, 0.5) is 0 Å². The smallest absolute Gasteiger partial charge is 0.246 e. The van der Waals surface area contributed by atoms with Crippen LogP contribution >= 0.6 is 34.3 Å². The molecular formula is C57H68ClN9O8S2. The summed E-state index contributed by atoms with van der Waals surface area (Å²) in [6.07, 6.45) is -0.126. The van der Waals surface area contributed by atoms with Gasteiger partial charge in [-0.1, -0.05) is 80.9 Å². The molecule has 0 saturated carbocycles. The maximum absolute atomic E-state index is 14.1. The number of hydrogen-bond acceptors (Lipinski definition) is 14. The number of likely N-dealkylation sites (tertiary alicyclic amines) is 1. The number of carbonyl (C=O) groups is 4. The number of rotatable bonds is 21. The highest BCUT2D eigenvalue weighted by Gasteiger charge is 2.45. The number of nitrogens with zero attached hydrogens (tertiary/aromatic N) is 6. The number of β-amino-alcohol motifs (C(OH)–C–C–N with tert-alkyl or cyclic N) is 1. The van der Waals surface area contributed by atoms with E-state index in [1.165, 1.54) is 9.78 Å². The van der Waals surface area contributed by atoms with Crippen LogP contribution in [0.2, 0.25) is 5.02 Å². The maximum atomic E-state index is 14.1. The van der Waals surface area contributed by atoms with Crippen molar-refractivity contribution in [3.05, 3.63) is 133 Å². The van der Waals surface area contributed by atoms with Gasteiger partial charge in [-0.15, -0.1) is 32.9 Å². The molecule has 1 unspecified atom stereocenters. The van der Waals surface area contributed by atoms with Crippen LogP contribution in [-0.2, 0) is 28.7 Å². The molecule has 1 saturated heterocycles.